The van der Waals surface area contributed by atoms with E-state index in [1.54, 1.807) is 24.3 Å². The summed E-state index contributed by atoms with van der Waals surface area (Å²) in [4.78, 5) is 26.9. The standard InChI is InChI=1S/C20H21Cl2N3O4/c1-2-29-11-5-10-23-18(26)20(28)14-6-3-4-7-17(14)24-19(27)25(20)13-8-9-15(21)16(22)12-13/h3-4,6-9,12,28H,2,5,10-11H2,1H3,(H,23,26)(H,24,27)/t20-/m1/s1. The van der Waals surface area contributed by atoms with Crippen molar-refractivity contribution in [2.24, 2.45) is 0 Å². The van der Waals surface area contributed by atoms with Crippen molar-refractivity contribution < 1.29 is 19.4 Å². The molecular formula is C20H21Cl2N3O4. The summed E-state index contributed by atoms with van der Waals surface area (Å²) in [6.07, 6.45) is 0.566. The van der Waals surface area contributed by atoms with E-state index in [0.717, 1.165) is 4.90 Å². The molecule has 29 heavy (non-hydrogen) atoms. The number of aliphatic hydroxyl groups is 1. The van der Waals surface area contributed by atoms with E-state index in [2.05, 4.69) is 10.6 Å². The normalized spacial score (nSPS) is 18.2. The van der Waals surface area contributed by atoms with Crippen molar-refractivity contribution in [2.45, 2.75) is 19.1 Å². The molecule has 2 aromatic carbocycles. The van der Waals surface area contributed by atoms with Crippen LogP contribution in [0, 0.1) is 0 Å². The highest BCUT2D eigenvalue weighted by Gasteiger charge is 2.51. The molecule has 3 amide bonds. The number of benzene rings is 2. The lowest BCUT2D eigenvalue weighted by atomic mass is 9.95. The average molecular weight is 438 g/mol. The number of hydrogen-bond acceptors (Lipinski definition) is 4. The largest absolute Gasteiger partial charge is 0.382 e. The Hall–Kier alpha value is -2.32. The number of ether oxygens (including phenoxy) is 1. The molecule has 0 radical (unpaired) electrons. The van der Waals surface area contributed by atoms with Crippen LogP contribution in [0.5, 0.6) is 0 Å². The zero-order valence-electron chi connectivity index (χ0n) is 15.7. The van der Waals surface area contributed by atoms with E-state index in [4.69, 9.17) is 27.9 Å². The summed E-state index contributed by atoms with van der Waals surface area (Å²) in [7, 11) is 0. The predicted octanol–water partition coefficient (Wildman–Crippen LogP) is 3.73. The lowest BCUT2D eigenvalue weighted by Gasteiger charge is -2.42. The number of carbonyl (C=O) groups is 2. The molecule has 0 saturated carbocycles. The molecule has 3 rings (SSSR count). The predicted molar refractivity (Wildman–Crippen MR) is 112 cm³/mol. The first kappa shape index (κ1) is 21.4. The topological polar surface area (TPSA) is 90.9 Å². The van der Waals surface area contributed by atoms with E-state index in [9.17, 15) is 14.7 Å². The molecular weight excluding hydrogens is 417 g/mol. The fourth-order valence-corrected chi connectivity index (χ4v) is 3.42. The number of para-hydroxylation sites is 1. The van der Waals surface area contributed by atoms with E-state index in [1.807, 2.05) is 6.92 Å². The molecule has 1 aliphatic rings. The highest BCUT2D eigenvalue weighted by molar-refractivity contribution is 6.42. The number of anilines is 2. The van der Waals surface area contributed by atoms with Crippen molar-refractivity contribution in [2.75, 3.05) is 30.0 Å². The maximum atomic E-state index is 13.1. The maximum absolute atomic E-state index is 13.1. The van der Waals surface area contributed by atoms with Crippen molar-refractivity contribution >= 4 is 46.5 Å². The molecule has 0 saturated heterocycles. The van der Waals surface area contributed by atoms with Gasteiger partial charge >= 0.3 is 6.03 Å². The SMILES string of the molecule is CCOCCCNC(=O)[C@]1(O)c2ccccc2NC(=O)N1c1ccc(Cl)c(Cl)c1. The monoisotopic (exact) mass is 437 g/mol. The molecule has 3 N–H and O–H groups in total. The van der Waals surface area contributed by atoms with Crippen molar-refractivity contribution in [1.82, 2.24) is 5.32 Å². The Morgan fingerprint density at radius 2 is 2.00 bits per heavy atom. The van der Waals surface area contributed by atoms with Crippen molar-refractivity contribution in [3.05, 3.63) is 58.1 Å². The van der Waals surface area contributed by atoms with Crippen LogP contribution in [0.4, 0.5) is 16.2 Å². The fourth-order valence-electron chi connectivity index (χ4n) is 3.13. The Balaban J connectivity index is 2.00. The number of fused-ring (bicyclic) bond motifs is 1. The molecule has 9 heteroatoms. The first-order chi connectivity index (χ1) is 13.9. The van der Waals surface area contributed by atoms with Gasteiger partial charge in [0.15, 0.2) is 0 Å². The summed E-state index contributed by atoms with van der Waals surface area (Å²) < 4.78 is 5.26. The van der Waals surface area contributed by atoms with Crippen molar-refractivity contribution in [3.63, 3.8) is 0 Å². The molecule has 1 aliphatic heterocycles. The molecule has 1 atom stereocenters. The molecule has 7 nitrogen and oxygen atoms in total. The van der Waals surface area contributed by atoms with Crippen LogP contribution in [-0.2, 0) is 15.3 Å². The fraction of sp³-hybridized carbons (Fsp3) is 0.300. The van der Waals surface area contributed by atoms with Crippen LogP contribution in [0.15, 0.2) is 42.5 Å². The number of rotatable bonds is 7. The minimum Gasteiger partial charge on any atom is -0.382 e. The Bertz CT molecular complexity index is 924. The summed E-state index contributed by atoms with van der Waals surface area (Å²) in [6.45, 7) is 3.22. The van der Waals surface area contributed by atoms with Crippen LogP contribution in [0.1, 0.15) is 18.9 Å². The molecule has 0 fully saturated rings. The van der Waals surface area contributed by atoms with Gasteiger partial charge in [-0.3, -0.25) is 9.69 Å². The summed E-state index contributed by atoms with van der Waals surface area (Å²) in [5, 5.41) is 17.4. The second-order valence-electron chi connectivity index (χ2n) is 6.39. The van der Waals surface area contributed by atoms with E-state index in [-0.39, 0.29) is 27.8 Å². The van der Waals surface area contributed by atoms with Crippen molar-refractivity contribution in [3.8, 4) is 0 Å². The Morgan fingerprint density at radius 1 is 1.24 bits per heavy atom. The van der Waals surface area contributed by atoms with Crippen LogP contribution in [0.2, 0.25) is 10.0 Å². The summed E-state index contributed by atoms with van der Waals surface area (Å²) >= 11 is 12.1. The molecule has 0 aromatic heterocycles. The Labute approximate surface area is 178 Å². The second kappa shape index (κ2) is 9.00. The minimum atomic E-state index is -2.28. The molecule has 0 spiro atoms. The maximum Gasteiger partial charge on any atom is 0.329 e. The summed E-state index contributed by atoms with van der Waals surface area (Å²) in [6, 6.07) is 10.3. The quantitative estimate of drug-likeness (QED) is 0.575. The van der Waals surface area contributed by atoms with Crippen LogP contribution >= 0.6 is 23.2 Å². The minimum absolute atomic E-state index is 0.190. The molecule has 0 aliphatic carbocycles. The van der Waals surface area contributed by atoms with Gasteiger partial charge in [0.2, 0.25) is 0 Å². The number of nitrogens with one attached hydrogen (secondary N) is 2. The lowest BCUT2D eigenvalue weighted by molar-refractivity contribution is -0.140. The summed E-state index contributed by atoms with van der Waals surface area (Å²) in [5.41, 5.74) is -1.46. The second-order valence-corrected chi connectivity index (χ2v) is 7.20. The number of urea groups is 1. The third kappa shape index (κ3) is 4.18. The van der Waals surface area contributed by atoms with Gasteiger partial charge in [-0.1, -0.05) is 41.4 Å². The first-order valence-electron chi connectivity index (χ1n) is 9.13. The first-order valence-corrected chi connectivity index (χ1v) is 9.89. The van der Waals surface area contributed by atoms with Crippen LogP contribution in [0.25, 0.3) is 0 Å². The summed E-state index contributed by atoms with van der Waals surface area (Å²) in [5.74, 6) is -0.734. The van der Waals surface area contributed by atoms with Crippen LogP contribution in [-0.4, -0.2) is 36.8 Å². The van der Waals surface area contributed by atoms with Gasteiger partial charge in [0, 0.05) is 25.3 Å². The molecule has 0 unspecified atom stereocenters. The zero-order valence-corrected chi connectivity index (χ0v) is 17.3. The van der Waals surface area contributed by atoms with Gasteiger partial charge in [0.05, 0.1) is 21.4 Å². The molecule has 2 aromatic rings. The number of amides is 3. The van der Waals surface area contributed by atoms with E-state index in [1.165, 1.54) is 18.2 Å². The van der Waals surface area contributed by atoms with Gasteiger partial charge in [-0.2, -0.15) is 0 Å². The van der Waals surface area contributed by atoms with Gasteiger partial charge in [-0.05, 0) is 37.6 Å². The smallest absolute Gasteiger partial charge is 0.329 e. The highest BCUT2D eigenvalue weighted by Crippen LogP contribution is 2.41. The third-order valence-corrected chi connectivity index (χ3v) is 5.24. The molecule has 1 heterocycles. The Morgan fingerprint density at radius 3 is 2.72 bits per heavy atom. The molecule has 0 bridgehead atoms. The molecule has 154 valence electrons. The lowest BCUT2D eigenvalue weighted by Crippen LogP contribution is -2.62. The van der Waals surface area contributed by atoms with E-state index in [0.29, 0.717) is 25.3 Å². The average Bonchev–Trinajstić information content (AvgIpc) is 2.70. The number of nitrogens with zero attached hydrogens (tertiary/aromatic N) is 1. The van der Waals surface area contributed by atoms with Gasteiger partial charge < -0.3 is 20.5 Å². The van der Waals surface area contributed by atoms with Crippen molar-refractivity contribution in [1.29, 1.82) is 0 Å². The third-order valence-electron chi connectivity index (χ3n) is 4.50. The number of halogens is 2. The van der Waals surface area contributed by atoms with E-state index < -0.39 is 17.7 Å². The van der Waals surface area contributed by atoms with Crippen LogP contribution < -0.4 is 15.5 Å². The van der Waals surface area contributed by atoms with Gasteiger partial charge in [-0.25, -0.2) is 4.79 Å². The number of hydrogen-bond donors (Lipinski definition) is 3. The Kier molecular flexibility index (Phi) is 6.64. The number of carbonyl (C=O) groups excluding carboxylic acids is 2. The van der Waals surface area contributed by atoms with Crippen LogP contribution in [0.3, 0.4) is 0 Å². The zero-order chi connectivity index (χ0) is 21.0. The van der Waals surface area contributed by atoms with E-state index >= 15 is 0 Å². The highest BCUT2D eigenvalue weighted by atomic mass is 35.5. The van der Waals surface area contributed by atoms with Gasteiger partial charge in [0.25, 0.3) is 11.6 Å². The van der Waals surface area contributed by atoms with Gasteiger partial charge in [0.1, 0.15) is 0 Å². The van der Waals surface area contributed by atoms with Gasteiger partial charge in [-0.15, -0.1) is 0 Å².